The van der Waals surface area contributed by atoms with Crippen LogP contribution >= 0.6 is 23.2 Å². The Bertz CT molecular complexity index is 803. The number of amides is 1. The number of halogens is 2. The minimum Gasteiger partial charge on any atom is -0.337 e. The molecule has 25 heavy (non-hydrogen) atoms. The third kappa shape index (κ3) is 3.68. The van der Waals surface area contributed by atoms with Crippen LogP contribution in [0.2, 0.25) is 10.0 Å². The second-order valence-electron chi connectivity index (χ2n) is 6.47. The van der Waals surface area contributed by atoms with E-state index < -0.39 is 0 Å². The molecule has 0 saturated carbocycles. The van der Waals surface area contributed by atoms with Crippen LogP contribution in [0.15, 0.2) is 18.2 Å². The van der Waals surface area contributed by atoms with Gasteiger partial charge in [-0.3, -0.25) is 4.79 Å². The highest BCUT2D eigenvalue weighted by atomic mass is 35.5. The first-order valence-electron chi connectivity index (χ1n) is 8.39. The molecule has 134 valence electrons. The molecule has 1 N–H and O–H groups in total. The highest BCUT2D eigenvalue weighted by Gasteiger charge is 2.25. The Hall–Kier alpha value is -1.56. The minimum absolute atomic E-state index is 0.141. The van der Waals surface area contributed by atoms with Crippen LogP contribution < -0.4 is 5.32 Å². The van der Waals surface area contributed by atoms with E-state index in [0.29, 0.717) is 16.5 Å². The van der Waals surface area contributed by atoms with Gasteiger partial charge >= 0.3 is 0 Å². The van der Waals surface area contributed by atoms with Crippen molar-refractivity contribution in [1.82, 2.24) is 20.0 Å². The van der Waals surface area contributed by atoms with Crippen molar-refractivity contribution in [2.75, 3.05) is 19.6 Å². The number of aromatic nitrogens is 2. The molecule has 1 aromatic carbocycles. The van der Waals surface area contributed by atoms with Gasteiger partial charge in [-0.25, -0.2) is 4.68 Å². The van der Waals surface area contributed by atoms with Gasteiger partial charge in [0.05, 0.1) is 22.8 Å². The molecule has 0 spiro atoms. The lowest BCUT2D eigenvalue weighted by Crippen LogP contribution is -2.52. The van der Waals surface area contributed by atoms with Crippen molar-refractivity contribution in [1.29, 1.82) is 0 Å². The topological polar surface area (TPSA) is 50.2 Å². The molecule has 1 aromatic heterocycles. The second kappa shape index (κ2) is 7.36. The molecule has 0 aliphatic carbocycles. The standard InChI is InChI=1S/C18H22Cl2N4O/c1-11-10-21-6-7-23(11)18(25)9-15-12(2)22-24(13(15)3)17-5-4-14(19)8-16(17)20/h4-5,8,11,21H,6-7,9-10H2,1-3H3/t11-/m0/s1. The lowest BCUT2D eigenvalue weighted by molar-refractivity contribution is -0.133. The van der Waals surface area contributed by atoms with Gasteiger partial charge in [-0.15, -0.1) is 0 Å². The predicted octanol–water partition coefficient (Wildman–Crippen LogP) is 3.16. The lowest BCUT2D eigenvalue weighted by atomic mass is 10.1. The Balaban J connectivity index is 1.88. The van der Waals surface area contributed by atoms with Crippen LogP contribution in [0.3, 0.4) is 0 Å². The number of aryl methyl sites for hydroxylation is 1. The number of rotatable bonds is 3. The molecule has 0 bridgehead atoms. The summed E-state index contributed by atoms with van der Waals surface area (Å²) in [6.45, 7) is 8.39. The highest BCUT2D eigenvalue weighted by molar-refractivity contribution is 6.35. The molecular weight excluding hydrogens is 359 g/mol. The van der Waals surface area contributed by atoms with E-state index in [9.17, 15) is 4.79 Å². The van der Waals surface area contributed by atoms with E-state index >= 15 is 0 Å². The van der Waals surface area contributed by atoms with Gasteiger partial charge in [-0.1, -0.05) is 23.2 Å². The normalized spacial score (nSPS) is 17.8. The van der Waals surface area contributed by atoms with Crippen molar-refractivity contribution in [3.05, 3.63) is 45.2 Å². The van der Waals surface area contributed by atoms with Crippen LogP contribution in [-0.4, -0.2) is 46.3 Å². The SMILES string of the molecule is Cc1nn(-c2ccc(Cl)cc2Cl)c(C)c1CC(=O)N1CCNC[C@@H]1C. The van der Waals surface area contributed by atoms with Crippen LogP contribution in [0, 0.1) is 13.8 Å². The number of hydrogen-bond acceptors (Lipinski definition) is 3. The molecule has 1 amide bonds. The molecule has 2 heterocycles. The maximum atomic E-state index is 12.8. The fourth-order valence-electron chi connectivity index (χ4n) is 3.28. The number of piperazine rings is 1. The maximum Gasteiger partial charge on any atom is 0.227 e. The van der Waals surface area contributed by atoms with E-state index in [1.807, 2.05) is 24.8 Å². The zero-order valence-corrected chi connectivity index (χ0v) is 16.2. The summed E-state index contributed by atoms with van der Waals surface area (Å²) in [5.41, 5.74) is 3.50. The van der Waals surface area contributed by atoms with Gasteiger partial charge in [0.15, 0.2) is 0 Å². The molecule has 1 aliphatic rings. The number of carbonyl (C=O) groups excluding carboxylic acids is 1. The summed E-state index contributed by atoms with van der Waals surface area (Å²) < 4.78 is 1.79. The molecular formula is C18H22Cl2N4O. The molecule has 1 aliphatic heterocycles. The summed E-state index contributed by atoms with van der Waals surface area (Å²) in [5, 5.41) is 9.02. The van der Waals surface area contributed by atoms with E-state index in [0.717, 1.165) is 42.3 Å². The summed E-state index contributed by atoms with van der Waals surface area (Å²) in [6, 6.07) is 5.53. The number of nitrogens with one attached hydrogen (secondary N) is 1. The fraction of sp³-hybridized carbons (Fsp3) is 0.444. The molecule has 0 radical (unpaired) electrons. The quantitative estimate of drug-likeness (QED) is 0.889. The number of hydrogen-bond donors (Lipinski definition) is 1. The molecule has 3 rings (SSSR count). The lowest BCUT2D eigenvalue weighted by Gasteiger charge is -2.34. The average Bonchev–Trinajstić information content (AvgIpc) is 2.83. The van der Waals surface area contributed by atoms with Crippen molar-refractivity contribution in [3.8, 4) is 5.69 Å². The predicted molar refractivity (Wildman–Crippen MR) is 101 cm³/mol. The van der Waals surface area contributed by atoms with Crippen molar-refractivity contribution in [2.24, 2.45) is 0 Å². The number of nitrogens with zero attached hydrogens (tertiary/aromatic N) is 3. The highest BCUT2D eigenvalue weighted by Crippen LogP contribution is 2.27. The Morgan fingerprint density at radius 2 is 2.12 bits per heavy atom. The summed E-state index contributed by atoms with van der Waals surface area (Å²) in [5.74, 6) is 0.141. The summed E-state index contributed by atoms with van der Waals surface area (Å²) >= 11 is 12.3. The van der Waals surface area contributed by atoms with Crippen LogP contribution in [-0.2, 0) is 11.2 Å². The van der Waals surface area contributed by atoms with Crippen LogP contribution in [0.25, 0.3) is 5.69 Å². The largest absolute Gasteiger partial charge is 0.337 e. The summed E-state index contributed by atoms with van der Waals surface area (Å²) in [4.78, 5) is 14.7. The van der Waals surface area contributed by atoms with Gasteiger partial charge in [0, 0.05) is 42.0 Å². The molecule has 2 aromatic rings. The molecule has 0 unspecified atom stereocenters. The van der Waals surface area contributed by atoms with Gasteiger partial charge in [-0.2, -0.15) is 5.10 Å². The van der Waals surface area contributed by atoms with E-state index in [2.05, 4.69) is 17.3 Å². The minimum atomic E-state index is 0.141. The Labute approximate surface area is 157 Å². The average molecular weight is 381 g/mol. The van der Waals surface area contributed by atoms with E-state index in [-0.39, 0.29) is 11.9 Å². The Morgan fingerprint density at radius 1 is 1.36 bits per heavy atom. The van der Waals surface area contributed by atoms with Crippen molar-refractivity contribution in [3.63, 3.8) is 0 Å². The summed E-state index contributed by atoms with van der Waals surface area (Å²) in [6.07, 6.45) is 0.354. The second-order valence-corrected chi connectivity index (χ2v) is 7.32. The maximum absolute atomic E-state index is 12.8. The van der Waals surface area contributed by atoms with Crippen molar-refractivity contribution in [2.45, 2.75) is 33.2 Å². The van der Waals surface area contributed by atoms with Crippen molar-refractivity contribution < 1.29 is 4.79 Å². The molecule has 1 atom stereocenters. The Morgan fingerprint density at radius 3 is 2.80 bits per heavy atom. The first-order chi connectivity index (χ1) is 11.9. The van der Waals surface area contributed by atoms with Crippen LogP contribution in [0.5, 0.6) is 0 Å². The van der Waals surface area contributed by atoms with Gasteiger partial charge < -0.3 is 10.2 Å². The first kappa shape index (κ1) is 18.2. The molecule has 5 nitrogen and oxygen atoms in total. The summed E-state index contributed by atoms with van der Waals surface area (Å²) in [7, 11) is 0. The third-order valence-electron chi connectivity index (χ3n) is 4.73. The van der Waals surface area contributed by atoms with Crippen LogP contribution in [0.4, 0.5) is 0 Å². The number of benzene rings is 1. The van der Waals surface area contributed by atoms with Crippen molar-refractivity contribution >= 4 is 29.1 Å². The van der Waals surface area contributed by atoms with E-state index in [4.69, 9.17) is 23.2 Å². The molecule has 7 heteroatoms. The van der Waals surface area contributed by atoms with Gasteiger partial charge in [0.2, 0.25) is 5.91 Å². The van der Waals surface area contributed by atoms with E-state index in [1.54, 1.807) is 16.8 Å². The zero-order chi connectivity index (χ0) is 18.1. The van der Waals surface area contributed by atoms with Gasteiger partial charge in [0.1, 0.15) is 0 Å². The van der Waals surface area contributed by atoms with E-state index in [1.165, 1.54) is 0 Å². The monoisotopic (exact) mass is 380 g/mol. The first-order valence-corrected chi connectivity index (χ1v) is 9.14. The molecule has 1 saturated heterocycles. The fourth-order valence-corrected chi connectivity index (χ4v) is 3.77. The number of carbonyl (C=O) groups is 1. The third-order valence-corrected chi connectivity index (χ3v) is 5.27. The van der Waals surface area contributed by atoms with Gasteiger partial charge in [0.25, 0.3) is 0 Å². The smallest absolute Gasteiger partial charge is 0.227 e. The van der Waals surface area contributed by atoms with Gasteiger partial charge in [-0.05, 0) is 39.0 Å². The molecule has 1 fully saturated rings. The Kier molecular flexibility index (Phi) is 5.37. The zero-order valence-electron chi connectivity index (χ0n) is 14.6. The van der Waals surface area contributed by atoms with Crippen LogP contribution in [0.1, 0.15) is 23.9 Å².